The lowest BCUT2D eigenvalue weighted by Crippen LogP contribution is -2.45. The molecule has 1 aromatic heterocycles. The van der Waals surface area contributed by atoms with E-state index in [9.17, 15) is 4.79 Å². The van der Waals surface area contributed by atoms with Crippen LogP contribution in [0.15, 0.2) is 12.7 Å². The maximum atomic E-state index is 11.8. The van der Waals surface area contributed by atoms with Crippen molar-refractivity contribution in [3.05, 3.63) is 12.7 Å². The molecule has 0 spiro atoms. The zero-order valence-corrected chi connectivity index (χ0v) is 10.9. The van der Waals surface area contributed by atoms with Crippen LogP contribution in [0.25, 0.3) is 0 Å². The zero-order valence-electron chi connectivity index (χ0n) is 10.9. The molecule has 0 aromatic carbocycles. The molecule has 6 nitrogen and oxygen atoms in total. The van der Waals surface area contributed by atoms with Crippen molar-refractivity contribution in [3.63, 3.8) is 0 Å². The van der Waals surface area contributed by atoms with Gasteiger partial charge in [-0.2, -0.15) is 5.10 Å². The van der Waals surface area contributed by atoms with E-state index in [1.807, 2.05) is 0 Å². The highest BCUT2D eigenvalue weighted by molar-refractivity contribution is 5.75. The molecule has 0 bridgehead atoms. The maximum Gasteiger partial charge on any atom is 0.241 e. The molecule has 2 rings (SSSR count). The fourth-order valence-electron chi connectivity index (χ4n) is 2.42. The Morgan fingerprint density at radius 3 is 2.89 bits per heavy atom. The predicted molar refractivity (Wildman–Crippen MR) is 67.9 cm³/mol. The molecule has 100 valence electrons. The number of rotatable bonds is 5. The van der Waals surface area contributed by atoms with Gasteiger partial charge >= 0.3 is 0 Å². The molecule has 2 N–H and O–H groups in total. The van der Waals surface area contributed by atoms with Crippen molar-refractivity contribution >= 4 is 5.91 Å². The first-order valence-corrected chi connectivity index (χ1v) is 6.54. The van der Waals surface area contributed by atoms with E-state index in [2.05, 4.69) is 27.6 Å². The number of carbonyl (C=O) groups is 1. The Morgan fingerprint density at radius 2 is 2.28 bits per heavy atom. The summed E-state index contributed by atoms with van der Waals surface area (Å²) < 4.78 is 1.54. The van der Waals surface area contributed by atoms with Crippen LogP contribution in [-0.2, 0) is 11.3 Å². The molecule has 1 aliphatic heterocycles. The van der Waals surface area contributed by atoms with Gasteiger partial charge in [0, 0.05) is 6.54 Å². The largest absolute Gasteiger partial charge is 0.354 e. The summed E-state index contributed by atoms with van der Waals surface area (Å²) in [4.78, 5) is 15.6. The summed E-state index contributed by atoms with van der Waals surface area (Å²) in [5, 5.41) is 10.3. The van der Waals surface area contributed by atoms with Crippen LogP contribution in [0.3, 0.4) is 0 Å². The Hall–Kier alpha value is -1.43. The number of piperidine rings is 1. The standard InChI is InChI=1S/C12H21N5O/c1-2-12(3-5-13-6-4-12)8-15-11(18)7-17-10-14-9-16-17/h9-10,13H,2-8H2,1H3,(H,15,18). The molecule has 0 atom stereocenters. The summed E-state index contributed by atoms with van der Waals surface area (Å²) in [6.45, 7) is 5.31. The van der Waals surface area contributed by atoms with E-state index in [1.54, 1.807) is 6.33 Å². The molecule has 1 saturated heterocycles. The highest BCUT2D eigenvalue weighted by atomic mass is 16.2. The van der Waals surface area contributed by atoms with Crippen LogP contribution in [0.5, 0.6) is 0 Å². The van der Waals surface area contributed by atoms with Gasteiger partial charge in [0.1, 0.15) is 19.2 Å². The summed E-state index contributed by atoms with van der Waals surface area (Å²) in [6, 6.07) is 0. The van der Waals surface area contributed by atoms with Crippen LogP contribution in [0.1, 0.15) is 26.2 Å². The summed E-state index contributed by atoms with van der Waals surface area (Å²) in [7, 11) is 0. The lowest BCUT2D eigenvalue weighted by molar-refractivity contribution is -0.122. The van der Waals surface area contributed by atoms with Gasteiger partial charge in [-0.25, -0.2) is 9.67 Å². The minimum atomic E-state index is 0.00635. The highest BCUT2D eigenvalue weighted by Crippen LogP contribution is 2.31. The second-order valence-electron chi connectivity index (χ2n) is 4.97. The third-order valence-electron chi connectivity index (χ3n) is 3.85. The molecule has 2 heterocycles. The van der Waals surface area contributed by atoms with E-state index in [0.29, 0.717) is 0 Å². The molecule has 0 unspecified atom stereocenters. The van der Waals surface area contributed by atoms with Gasteiger partial charge in [0.25, 0.3) is 0 Å². The van der Waals surface area contributed by atoms with Crippen molar-refractivity contribution in [3.8, 4) is 0 Å². The van der Waals surface area contributed by atoms with Gasteiger partial charge in [-0.3, -0.25) is 4.79 Å². The van der Waals surface area contributed by atoms with E-state index in [1.165, 1.54) is 11.0 Å². The summed E-state index contributed by atoms with van der Waals surface area (Å²) >= 11 is 0. The SMILES string of the molecule is CCC1(CNC(=O)Cn2cncn2)CCNCC1. The van der Waals surface area contributed by atoms with Gasteiger partial charge < -0.3 is 10.6 Å². The van der Waals surface area contributed by atoms with E-state index in [-0.39, 0.29) is 17.9 Å². The van der Waals surface area contributed by atoms with Gasteiger partial charge in [-0.05, 0) is 37.8 Å². The van der Waals surface area contributed by atoms with E-state index < -0.39 is 0 Å². The minimum Gasteiger partial charge on any atom is -0.354 e. The third-order valence-corrected chi connectivity index (χ3v) is 3.85. The fourth-order valence-corrected chi connectivity index (χ4v) is 2.42. The second kappa shape index (κ2) is 5.95. The Morgan fingerprint density at radius 1 is 1.50 bits per heavy atom. The highest BCUT2D eigenvalue weighted by Gasteiger charge is 2.30. The Bertz CT molecular complexity index is 370. The first kappa shape index (κ1) is 13.0. The number of nitrogens with zero attached hydrogens (tertiary/aromatic N) is 3. The molecule has 1 amide bonds. The number of hydrogen-bond acceptors (Lipinski definition) is 4. The van der Waals surface area contributed by atoms with Crippen LogP contribution >= 0.6 is 0 Å². The van der Waals surface area contributed by atoms with Crippen LogP contribution in [0, 0.1) is 5.41 Å². The molecular formula is C12H21N5O. The molecule has 0 aliphatic carbocycles. The Kier molecular flexibility index (Phi) is 4.30. The summed E-state index contributed by atoms with van der Waals surface area (Å²) in [5.74, 6) is 0.00635. The lowest BCUT2D eigenvalue weighted by atomic mass is 9.76. The van der Waals surface area contributed by atoms with Crippen LogP contribution in [0.2, 0.25) is 0 Å². The number of carbonyl (C=O) groups excluding carboxylic acids is 1. The second-order valence-corrected chi connectivity index (χ2v) is 4.97. The van der Waals surface area contributed by atoms with Crippen molar-refractivity contribution in [2.24, 2.45) is 5.41 Å². The monoisotopic (exact) mass is 251 g/mol. The van der Waals surface area contributed by atoms with Gasteiger partial charge in [0.05, 0.1) is 0 Å². The smallest absolute Gasteiger partial charge is 0.241 e. The predicted octanol–water partition coefficient (Wildman–Crippen LogP) is 0.174. The molecule has 1 aromatic rings. The average Bonchev–Trinajstić information content (AvgIpc) is 2.90. The quantitative estimate of drug-likeness (QED) is 0.783. The molecule has 6 heteroatoms. The molecule has 0 radical (unpaired) electrons. The molecule has 0 saturated carbocycles. The van der Waals surface area contributed by atoms with E-state index in [4.69, 9.17) is 0 Å². The maximum absolute atomic E-state index is 11.8. The first-order valence-electron chi connectivity index (χ1n) is 6.54. The zero-order chi connectivity index (χ0) is 12.8. The number of nitrogens with one attached hydrogen (secondary N) is 2. The van der Waals surface area contributed by atoms with Gasteiger partial charge in [0.15, 0.2) is 0 Å². The molecular weight excluding hydrogens is 230 g/mol. The first-order chi connectivity index (χ1) is 8.74. The molecule has 1 fully saturated rings. The van der Waals surface area contributed by atoms with Crippen molar-refractivity contribution in [2.45, 2.75) is 32.7 Å². The average molecular weight is 251 g/mol. The summed E-state index contributed by atoms with van der Waals surface area (Å²) in [6.07, 6.45) is 6.37. The van der Waals surface area contributed by atoms with Gasteiger partial charge in [-0.15, -0.1) is 0 Å². The number of aromatic nitrogens is 3. The minimum absolute atomic E-state index is 0.00635. The number of hydrogen-bond donors (Lipinski definition) is 2. The van der Waals surface area contributed by atoms with E-state index >= 15 is 0 Å². The van der Waals surface area contributed by atoms with Crippen molar-refractivity contribution < 1.29 is 4.79 Å². The van der Waals surface area contributed by atoms with Crippen molar-refractivity contribution in [1.29, 1.82) is 0 Å². The van der Waals surface area contributed by atoms with Crippen LogP contribution in [0.4, 0.5) is 0 Å². The van der Waals surface area contributed by atoms with Crippen LogP contribution < -0.4 is 10.6 Å². The normalized spacial score (nSPS) is 18.5. The topological polar surface area (TPSA) is 71.8 Å². The van der Waals surface area contributed by atoms with Crippen molar-refractivity contribution in [2.75, 3.05) is 19.6 Å². The van der Waals surface area contributed by atoms with Crippen molar-refractivity contribution in [1.82, 2.24) is 25.4 Å². The lowest BCUT2D eigenvalue weighted by Gasteiger charge is -2.37. The summed E-state index contributed by atoms with van der Waals surface area (Å²) in [5.41, 5.74) is 0.267. The third kappa shape index (κ3) is 3.29. The van der Waals surface area contributed by atoms with Crippen LogP contribution in [-0.4, -0.2) is 40.3 Å². The van der Waals surface area contributed by atoms with E-state index in [0.717, 1.165) is 38.9 Å². The Balaban J connectivity index is 1.80. The van der Waals surface area contributed by atoms with Gasteiger partial charge in [0.2, 0.25) is 5.91 Å². The fraction of sp³-hybridized carbons (Fsp3) is 0.750. The Labute approximate surface area is 107 Å². The van der Waals surface area contributed by atoms with Gasteiger partial charge in [-0.1, -0.05) is 6.92 Å². The molecule has 1 aliphatic rings. The molecule has 18 heavy (non-hydrogen) atoms. The number of amides is 1.